The van der Waals surface area contributed by atoms with Crippen LogP contribution in [0.3, 0.4) is 0 Å². The summed E-state index contributed by atoms with van der Waals surface area (Å²) < 4.78 is 65.1. The van der Waals surface area contributed by atoms with Crippen molar-refractivity contribution in [2.45, 2.75) is 36.8 Å². The molecular formula is C17H21F3N2O3S. The summed E-state index contributed by atoms with van der Waals surface area (Å²) >= 11 is 0. The zero-order chi connectivity index (χ0) is 18.9. The van der Waals surface area contributed by atoms with Crippen LogP contribution < -0.4 is 0 Å². The molecule has 0 unspecified atom stereocenters. The van der Waals surface area contributed by atoms with Crippen LogP contribution in [0, 0.1) is 5.92 Å². The number of hydrogen-bond acceptors (Lipinski definition) is 3. The number of benzene rings is 1. The summed E-state index contributed by atoms with van der Waals surface area (Å²) in [4.78, 5) is 13.8. The van der Waals surface area contributed by atoms with Crippen molar-refractivity contribution >= 4 is 15.9 Å². The van der Waals surface area contributed by atoms with Gasteiger partial charge >= 0.3 is 6.18 Å². The zero-order valence-electron chi connectivity index (χ0n) is 14.2. The first-order valence-electron chi connectivity index (χ1n) is 8.66. The summed E-state index contributed by atoms with van der Waals surface area (Å²) in [5, 5.41) is 0. The molecular weight excluding hydrogens is 369 g/mol. The molecule has 1 amide bonds. The third-order valence-electron chi connectivity index (χ3n) is 4.98. The van der Waals surface area contributed by atoms with Crippen molar-refractivity contribution in [2.24, 2.45) is 5.92 Å². The second kappa shape index (κ2) is 7.19. The maximum Gasteiger partial charge on any atom is 0.393 e. The molecule has 0 bridgehead atoms. The van der Waals surface area contributed by atoms with Crippen LogP contribution in [0.2, 0.25) is 0 Å². The van der Waals surface area contributed by atoms with Gasteiger partial charge in [0.2, 0.25) is 10.0 Å². The molecule has 3 rings (SSSR count). The molecule has 2 heterocycles. The van der Waals surface area contributed by atoms with E-state index in [0.717, 1.165) is 12.8 Å². The molecule has 144 valence electrons. The lowest BCUT2D eigenvalue weighted by Gasteiger charge is -2.33. The maximum atomic E-state index is 12.9. The number of piperidine rings is 1. The molecule has 9 heteroatoms. The van der Waals surface area contributed by atoms with Gasteiger partial charge in [-0.2, -0.15) is 17.5 Å². The monoisotopic (exact) mass is 390 g/mol. The van der Waals surface area contributed by atoms with Crippen molar-refractivity contribution in [1.82, 2.24) is 9.21 Å². The van der Waals surface area contributed by atoms with Gasteiger partial charge in [-0.3, -0.25) is 4.79 Å². The van der Waals surface area contributed by atoms with Crippen LogP contribution in [-0.2, 0) is 10.0 Å². The van der Waals surface area contributed by atoms with Crippen molar-refractivity contribution in [3.05, 3.63) is 29.8 Å². The Kier molecular flexibility index (Phi) is 5.30. The van der Waals surface area contributed by atoms with Crippen molar-refractivity contribution in [3.63, 3.8) is 0 Å². The first-order chi connectivity index (χ1) is 12.2. The summed E-state index contributed by atoms with van der Waals surface area (Å²) in [6, 6.07) is 5.46. The van der Waals surface area contributed by atoms with Crippen LogP contribution in [0.25, 0.3) is 0 Å². The number of hydrogen-bond donors (Lipinski definition) is 0. The Morgan fingerprint density at radius 2 is 1.62 bits per heavy atom. The van der Waals surface area contributed by atoms with Gasteiger partial charge in [-0.05, 0) is 49.9 Å². The van der Waals surface area contributed by atoms with Gasteiger partial charge in [0.15, 0.2) is 0 Å². The van der Waals surface area contributed by atoms with Crippen molar-refractivity contribution in [2.75, 3.05) is 26.2 Å². The van der Waals surface area contributed by atoms with Crippen molar-refractivity contribution in [1.29, 1.82) is 0 Å². The maximum absolute atomic E-state index is 12.9. The molecule has 2 saturated heterocycles. The minimum Gasteiger partial charge on any atom is -0.338 e. The first kappa shape index (κ1) is 19.2. The quantitative estimate of drug-likeness (QED) is 0.798. The Balaban J connectivity index is 1.73. The number of halogens is 3. The number of nitrogens with zero attached hydrogens (tertiary/aromatic N) is 2. The third kappa shape index (κ3) is 3.88. The van der Waals surface area contributed by atoms with Crippen LogP contribution in [0.15, 0.2) is 29.2 Å². The Hall–Kier alpha value is -1.61. The van der Waals surface area contributed by atoms with Crippen molar-refractivity contribution in [3.8, 4) is 0 Å². The molecule has 26 heavy (non-hydrogen) atoms. The first-order valence-corrected chi connectivity index (χ1v) is 10.1. The Bertz CT molecular complexity index is 756. The Labute approximate surface area is 150 Å². The molecule has 1 aromatic carbocycles. The molecule has 0 aromatic heterocycles. The van der Waals surface area contributed by atoms with E-state index >= 15 is 0 Å². The second-order valence-corrected chi connectivity index (χ2v) is 8.71. The van der Waals surface area contributed by atoms with Gasteiger partial charge in [-0.1, -0.05) is 0 Å². The van der Waals surface area contributed by atoms with E-state index in [2.05, 4.69) is 0 Å². The summed E-state index contributed by atoms with van der Waals surface area (Å²) in [6.45, 7) is 0.890. The largest absolute Gasteiger partial charge is 0.393 e. The smallest absolute Gasteiger partial charge is 0.338 e. The highest BCUT2D eigenvalue weighted by atomic mass is 32.2. The highest BCUT2D eigenvalue weighted by molar-refractivity contribution is 7.89. The second-order valence-electron chi connectivity index (χ2n) is 6.77. The molecule has 2 aliphatic heterocycles. The lowest BCUT2D eigenvalue weighted by atomic mass is 9.97. The summed E-state index contributed by atoms with van der Waals surface area (Å²) in [6.07, 6.45) is -2.33. The number of likely N-dealkylation sites (tertiary alicyclic amines) is 1. The molecule has 0 N–H and O–H groups in total. The topological polar surface area (TPSA) is 57.7 Å². The van der Waals surface area contributed by atoms with Gasteiger partial charge in [-0.15, -0.1) is 0 Å². The number of carbonyl (C=O) groups excluding carboxylic acids is 1. The molecule has 0 aliphatic carbocycles. The van der Waals surface area contributed by atoms with E-state index in [1.54, 1.807) is 0 Å². The lowest BCUT2D eigenvalue weighted by Crippen LogP contribution is -2.44. The summed E-state index contributed by atoms with van der Waals surface area (Å²) in [7, 11) is -3.57. The van der Waals surface area contributed by atoms with E-state index in [9.17, 15) is 26.4 Å². The van der Waals surface area contributed by atoms with Gasteiger partial charge in [0.1, 0.15) is 0 Å². The van der Waals surface area contributed by atoms with E-state index in [1.165, 1.54) is 33.5 Å². The fraction of sp³-hybridized carbons (Fsp3) is 0.588. The van der Waals surface area contributed by atoms with E-state index in [1.807, 2.05) is 0 Å². The summed E-state index contributed by atoms with van der Waals surface area (Å²) in [5.74, 6) is -2.00. The molecule has 0 saturated carbocycles. The Morgan fingerprint density at radius 1 is 1.00 bits per heavy atom. The molecule has 2 fully saturated rings. The number of alkyl halides is 3. The van der Waals surface area contributed by atoms with E-state index in [-0.39, 0.29) is 30.0 Å². The SMILES string of the molecule is O=C(c1ccc(S(=O)(=O)N2CCCC2)cc1)N1CCC[C@H](C(F)(F)F)C1. The fourth-order valence-corrected chi connectivity index (χ4v) is 4.98. The number of carbonyl (C=O) groups is 1. The van der Waals surface area contributed by atoms with Crippen LogP contribution in [0.1, 0.15) is 36.0 Å². The highest BCUT2D eigenvalue weighted by Crippen LogP contribution is 2.33. The van der Waals surface area contributed by atoms with E-state index in [0.29, 0.717) is 19.5 Å². The minimum absolute atomic E-state index is 0.0281. The summed E-state index contributed by atoms with van der Waals surface area (Å²) in [5.41, 5.74) is 0.202. The number of sulfonamides is 1. The molecule has 5 nitrogen and oxygen atoms in total. The fourth-order valence-electron chi connectivity index (χ4n) is 3.46. The van der Waals surface area contributed by atoms with Crippen molar-refractivity contribution < 1.29 is 26.4 Å². The third-order valence-corrected chi connectivity index (χ3v) is 6.89. The molecule has 1 atom stereocenters. The van der Waals surface area contributed by atoms with Crippen LogP contribution in [0.4, 0.5) is 13.2 Å². The molecule has 1 aromatic rings. The number of rotatable bonds is 3. The normalized spacial score (nSPS) is 22.6. The zero-order valence-corrected chi connectivity index (χ0v) is 15.0. The van der Waals surface area contributed by atoms with Gasteiger partial charge in [-0.25, -0.2) is 8.42 Å². The molecule has 0 spiro atoms. The van der Waals surface area contributed by atoms with Gasteiger partial charge in [0.05, 0.1) is 10.8 Å². The minimum atomic E-state index is -4.31. The predicted octanol–water partition coefficient (Wildman–Crippen LogP) is 2.89. The highest BCUT2D eigenvalue weighted by Gasteiger charge is 2.42. The van der Waals surface area contributed by atoms with E-state index < -0.39 is 28.0 Å². The van der Waals surface area contributed by atoms with E-state index in [4.69, 9.17) is 0 Å². The molecule has 2 aliphatic rings. The number of amides is 1. The van der Waals surface area contributed by atoms with Crippen LogP contribution >= 0.6 is 0 Å². The van der Waals surface area contributed by atoms with Crippen LogP contribution in [0.5, 0.6) is 0 Å². The standard InChI is InChI=1S/C17H21F3N2O3S/c18-17(19,20)14-4-3-9-21(12-14)16(23)13-5-7-15(8-6-13)26(24,25)22-10-1-2-11-22/h5-8,14H,1-4,9-12H2/t14-/m0/s1. The van der Waals surface area contributed by atoms with Crippen LogP contribution in [-0.4, -0.2) is 55.9 Å². The lowest BCUT2D eigenvalue weighted by molar-refractivity contribution is -0.184. The van der Waals surface area contributed by atoms with Gasteiger partial charge in [0.25, 0.3) is 5.91 Å². The molecule has 0 radical (unpaired) electrons. The average Bonchev–Trinajstić information content (AvgIpc) is 3.16. The Morgan fingerprint density at radius 3 is 2.19 bits per heavy atom. The van der Waals surface area contributed by atoms with Gasteiger partial charge in [0, 0.05) is 31.7 Å². The average molecular weight is 390 g/mol. The predicted molar refractivity (Wildman–Crippen MR) is 89.1 cm³/mol. The van der Waals surface area contributed by atoms with Gasteiger partial charge < -0.3 is 4.90 Å².